The normalized spacial score (nSPS) is 15.5. The minimum absolute atomic E-state index is 0.183. The molecule has 0 spiro atoms. The van der Waals surface area contributed by atoms with Crippen LogP contribution in [-0.2, 0) is 5.60 Å². The molecule has 1 aromatic carbocycles. The first-order chi connectivity index (χ1) is 10.8. The van der Waals surface area contributed by atoms with Crippen molar-refractivity contribution in [3.8, 4) is 0 Å². The van der Waals surface area contributed by atoms with Crippen molar-refractivity contribution in [2.75, 3.05) is 0 Å². The molecule has 0 unspecified atom stereocenters. The number of aliphatic hydroxyl groups is 4. The largest absolute Gasteiger partial charge is 0.458 e. The van der Waals surface area contributed by atoms with Gasteiger partial charge in [-0.2, -0.15) is 0 Å². The zero-order valence-electron chi connectivity index (χ0n) is 14.5. The highest BCUT2D eigenvalue weighted by Gasteiger charge is 2.34. The first-order valence-corrected chi connectivity index (χ1v) is 7.72. The van der Waals surface area contributed by atoms with E-state index in [-0.39, 0.29) is 22.7 Å². The molecule has 0 aliphatic heterocycles. The molecule has 0 bridgehead atoms. The second-order valence-corrected chi connectivity index (χ2v) is 7.25. The second-order valence-electron chi connectivity index (χ2n) is 7.25. The highest BCUT2D eigenvalue weighted by molar-refractivity contribution is 5.98. The Morgan fingerprint density at radius 2 is 1.67 bits per heavy atom. The van der Waals surface area contributed by atoms with Gasteiger partial charge in [0.25, 0.3) is 0 Å². The Morgan fingerprint density at radius 3 is 2.12 bits per heavy atom. The van der Waals surface area contributed by atoms with Gasteiger partial charge >= 0.3 is 0 Å². The molecule has 6 nitrogen and oxygen atoms in total. The van der Waals surface area contributed by atoms with E-state index in [0.717, 1.165) is 0 Å². The Bertz CT molecular complexity index is 760. The van der Waals surface area contributed by atoms with Crippen LogP contribution in [0, 0.1) is 0 Å². The molecule has 2 aromatic rings. The van der Waals surface area contributed by atoms with Crippen LogP contribution in [0.1, 0.15) is 62.4 Å². The van der Waals surface area contributed by atoms with Crippen LogP contribution in [0.4, 0.5) is 0 Å². The lowest BCUT2D eigenvalue weighted by Gasteiger charge is -2.29. The average Bonchev–Trinajstić information content (AvgIpc) is 2.87. The summed E-state index contributed by atoms with van der Waals surface area (Å²) in [5.41, 5.74) is -2.02. The number of carbonyl (C=O) groups is 1. The van der Waals surface area contributed by atoms with E-state index in [1.165, 1.54) is 26.8 Å². The molecule has 24 heavy (non-hydrogen) atoms. The lowest BCUT2D eigenvalue weighted by Crippen LogP contribution is -2.40. The van der Waals surface area contributed by atoms with Crippen molar-refractivity contribution in [2.45, 2.75) is 58.0 Å². The van der Waals surface area contributed by atoms with Crippen molar-refractivity contribution in [1.29, 1.82) is 0 Å². The number of hydrogen-bond donors (Lipinski definition) is 4. The van der Waals surface area contributed by atoms with Crippen LogP contribution in [0.5, 0.6) is 0 Å². The van der Waals surface area contributed by atoms with Gasteiger partial charge in [-0.05, 0) is 52.8 Å². The number of aliphatic hydroxyl groups excluding tert-OH is 2. The van der Waals surface area contributed by atoms with Gasteiger partial charge < -0.3 is 24.8 Å². The van der Waals surface area contributed by atoms with E-state index in [0.29, 0.717) is 10.9 Å². The summed E-state index contributed by atoms with van der Waals surface area (Å²) in [5.74, 6) is 0.0542. The molecule has 6 heteroatoms. The summed E-state index contributed by atoms with van der Waals surface area (Å²) < 4.78 is 5.67. The molecule has 0 amide bonds. The Hall–Kier alpha value is -1.73. The molecular weight excluding hydrogens is 312 g/mol. The molecule has 0 saturated carbocycles. The Balaban J connectivity index is 2.70. The van der Waals surface area contributed by atoms with Crippen molar-refractivity contribution in [1.82, 2.24) is 0 Å². The maximum absolute atomic E-state index is 11.8. The summed E-state index contributed by atoms with van der Waals surface area (Å²) in [6, 6.07) is 4.62. The lowest BCUT2D eigenvalue weighted by atomic mass is 9.90. The van der Waals surface area contributed by atoms with Gasteiger partial charge in [0.2, 0.25) is 0 Å². The highest BCUT2D eigenvalue weighted by atomic mass is 16.4. The molecule has 2 atom stereocenters. The van der Waals surface area contributed by atoms with E-state index in [9.17, 15) is 25.2 Å². The summed E-state index contributed by atoms with van der Waals surface area (Å²) in [6.07, 6.45) is -2.95. The van der Waals surface area contributed by atoms with Crippen LogP contribution in [0.2, 0.25) is 0 Å². The van der Waals surface area contributed by atoms with E-state index in [1.54, 1.807) is 26.0 Å². The van der Waals surface area contributed by atoms with Crippen molar-refractivity contribution in [3.05, 3.63) is 35.1 Å². The van der Waals surface area contributed by atoms with Gasteiger partial charge in [-0.25, -0.2) is 0 Å². The quantitative estimate of drug-likeness (QED) is 0.622. The zero-order valence-corrected chi connectivity index (χ0v) is 14.5. The minimum Gasteiger partial charge on any atom is -0.458 e. The van der Waals surface area contributed by atoms with Gasteiger partial charge in [-0.1, -0.05) is 0 Å². The number of Topliss-reactive ketones (excluding diaryl/α,β-unsaturated/α-hetero) is 1. The maximum Gasteiger partial charge on any atom is 0.159 e. The summed E-state index contributed by atoms with van der Waals surface area (Å²) in [7, 11) is 0. The van der Waals surface area contributed by atoms with Crippen molar-refractivity contribution in [2.24, 2.45) is 0 Å². The SMILES string of the molecule is CC(=O)c1cc([C@@H](O)[C@H](O)C(C)(C)O)c2oc(C(C)(C)O)cc2c1. The molecule has 0 aliphatic carbocycles. The van der Waals surface area contributed by atoms with Gasteiger partial charge in [0.15, 0.2) is 5.78 Å². The molecule has 0 radical (unpaired) electrons. The average molecular weight is 336 g/mol. The molecule has 1 aromatic heterocycles. The fourth-order valence-corrected chi connectivity index (χ4v) is 2.46. The zero-order chi connectivity index (χ0) is 18.4. The number of carbonyl (C=O) groups excluding carboxylic acids is 1. The van der Waals surface area contributed by atoms with Crippen molar-refractivity contribution >= 4 is 16.8 Å². The number of furan rings is 1. The standard InChI is InChI=1S/C18H24O6/c1-9(19)10-6-11-8-13(17(2,3)22)24-15(11)12(7-10)14(20)16(21)18(4,5)23/h6-8,14,16,20-23H,1-5H3/t14-,16+/m1/s1. The number of rotatable bonds is 5. The molecule has 0 fully saturated rings. The molecule has 2 rings (SSSR count). The Morgan fingerprint density at radius 1 is 1.08 bits per heavy atom. The van der Waals surface area contributed by atoms with E-state index in [2.05, 4.69) is 0 Å². The van der Waals surface area contributed by atoms with Gasteiger partial charge in [0, 0.05) is 16.5 Å². The number of benzene rings is 1. The predicted molar refractivity (Wildman–Crippen MR) is 88.7 cm³/mol. The van der Waals surface area contributed by atoms with Gasteiger partial charge in [-0.15, -0.1) is 0 Å². The predicted octanol–water partition coefficient (Wildman–Crippen LogP) is 2.03. The first-order valence-electron chi connectivity index (χ1n) is 7.72. The van der Waals surface area contributed by atoms with Crippen LogP contribution in [0.25, 0.3) is 11.0 Å². The van der Waals surface area contributed by atoms with E-state index in [4.69, 9.17) is 4.42 Å². The van der Waals surface area contributed by atoms with Crippen LogP contribution in [0.15, 0.2) is 22.6 Å². The topological polar surface area (TPSA) is 111 Å². The van der Waals surface area contributed by atoms with Crippen LogP contribution in [0.3, 0.4) is 0 Å². The summed E-state index contributed by atoms with van der Waals surface area (Å²) in [4.78, 5) is 11.8. The third-order valence-electron chi connectivity index (χ3n) is 4.00. The molecule has 0 aliphatic rings. The number of fused-ring (bicyclic) bond motifs is 1. The van der Waals surface area contributed by atoms with Crippen LogP contribution >= 0.6 is 0 Å². The summed E-state index contributed by atoms with van der Waals surface area (Å²) >= 11 is 0. The van der Waals surface area contributed by atoms with E-state index < -0.39 is 23.4 Å². The third-order valence-corrected chi connectivity index (χ3v) is 4.00. The number of ketones is 1. The second kappa shape index (κ2) is 5.97. The first kappa shape index (κ1) is 18.6. The number of hydrogen-bond acceptors (Lipinski definition) is 6. The summed E-state index contributed by atoms with van der Waals surface area (Å²) in [6.45, 7) is 7.24. The Labute approximate surface area is 140 Å². The monoisotopic (exact) mass is 336 g/mol. The fraction of sp³-hybridized carbons (Fsp3) is 0.500. The molecule has 4 N–H and O–H groups in total. The highest BCUT2D eigenvalue weighted by Crippen LogP contribution is 2.35. The molecule has 0 saturated heterocycles. The minimum atomic E-state index is -1.55. The van der Waals surface area contributed by atoms with Crippen molar-refractivity contribution in [3.63, 3.8) is 0 Å². The molecular formula is C18H24O6. The van der Waals surface area contributed by atoms with Gasteiger partial charge in [-0.3, -0.25) is 4.79 Å². The van der Waals surface area contributed by atoms with E-state index in [1.807, 2.05) is 0 Å². The van der Waals surface area contributed by atoms with Gasteiger partial charge in [0.05, 0.1) is 5.60 Å². The van der Waals surface area contributed by atoms with Gasteiger partial charge in [0.1, 0.15) is 29.2 Å². The molecule has 1 heterocycles. The van der Waals surface area contributed by atoms with Crippen LogP contribution in [-0.4, -0.2) is 37.9 Å². The summed E-state index contributed by atoms with van der Waals surface area (Å²) in [5, 5.41) is 41.3. The smallest absolute Gasteiger partial charge is 0.159 e. The third kappa shape index (κ3) is 3.52. The fourth-order valence-electron chi connectivity index (χ4n) is 2.46. The van der Waals surface area contributed by atoms with Crippen molar-refractivity contribution < 1.29 is 29.6 Å². The van der Waals surface area contributed by atoms with E-state index >= 15 is 0 Å². The maximum atomic E-state index is 11.8. The Kier molecular flexibility index (Phi) is 4.63. The molecule has 132 valence electrons. The lowest BCUT2D eigenvalue weighted by molar-refractivity contribution is -0.107. The van der Waals surface area contributed by atoms with Crippen LogP contribution < -0.4 is 0 Å².